The Labute approximate surface area is 146 Å². The summed E-state index contributed by atoms with van der Waals surface area (Å²) in [6, 6.07) is 2.98. The first kappa shape index (κ1) is 17.7. The summed E-state index contributed by atoms with van der Waals surface area (Å²) in [5.74, 6) is 0.481. The molecule has 1 unspecified atom stereocenters. The molecule has 0 saturated carbocycles. The molecule has 2 heterocycles. The predicted octanol–water partition coefficient (Wildman–Crippen LogP) is 3.88. The molecule has 1 saturated heterocycles. The summed E-state index contributed by atoms with van der Waals surface area (Å²) in [7, 11) is 0. The van der Waals surface area contributed by atoms with Crippen molar-refractivity contribution in [2.75, 3.05) is 23.8 Å². The first-order valence-electron chi connectivity index (χ1n) is 7.61. The monoisotopic (exact) mass is 373 g/mol. The van der Waals surface area contributed by atoms with Gasteiger partial charge in [0.1, 0.15) is 0 Å². The standard InChI is InChI=1S/C15H15ClF3N5O/c16-11-4-3-9(15(17,18)19)6-12(11)22-14-23-13(8-21-24-14)20-7-10-2-1-5-25-10/h3-4,6,8,10H,1-2,5,7H2,(H2,20,22,23,24). The van der Waals surface area contributed by atoms with Crippen LogP contribution in [0.5, 0.6) is 0 Å². The third-order valence-electron chi connectivity index (χ3n) is 3.63. The molecular formula is C15H15ClF3N5O. The lowest BCUT2D eigenvalue weighted by Gasteiger charge is -2.13. The molecule has 1 aromatic heterocycles. The Morgan fingerprint density at radius 1 is 1.32 bits per heavy atom. The van der Waals surface area contributed by atoms with Crippen LogP contribution in [0.4, 0.5) is 30.6 Å². The zero-order valence-corrected chi connectivity index (χ0v) is 13.7. The molecule has 0 spiro atoms. The van der Waals surface area contributed by atoms with Gasteiger partial charge in [-0.05, 0) is 31.0 Å². The van der Waals surface area contributed by atoms with Crippen molar-refractivity contribution in [1.29, 1.82) is 0 Å². The average Bonchev–Trinajstić information content (AvgIpc) is 3.08. The molecule has 1 aromatic carbocycles. The molecule has 1 fully saturated rings. The van der Waals surface area contributed by atoms with E-state index in [1.54, 1.807) is 0 Å². The van der Waals surface area contributed by atoms with E-state index in [1.807, 2.05) is 0 Å². The number of benzene rings is 1. The maximum atomic E-state index is 12.8. The van der Waals surface area contributed by atoms with E-state index in [0.717, 1.165) is 31.6 Å². The lowest BCUT2D eigenvalue weighted by atomic mass is 10.2. The van der Waals surface area contributed by atoms with Crippen LogP contribution in [-0.4, -0.2) is 34.4 Å². The van der Waals surface area contributed by atoms with E-state index in [-0.39, 0.29) is 22.8 Å². The topological polar surface area (TPSA) is 72.0 Å². The smallest absolute Gasteiger partial charge is 0.376 e. The van der Waals surface area contributed by atoms with Crippen molar-refractivity contribution in [2.24, 2.45) is 0 Å². The van der Waals surface area contributed by atoms with Crippen molar-refractivity contribution >= 4 is 29.1 Å². The number of rotatable bonds is 5. The highest BCUT2D eigenvalue weighted by Crippen LogP contribution is 2.34. The van der Waals surface area contributed by atoms with Crippen molar-refractivity contribution in [3.63, 3.8) is 0 Å². The molecule has 0 aliphatic carbocycles. The molecule has 3 rings (SSSR count). The van der Waals surface area contributed by atoms with Crippen molar-refractivity contribution in [1.82, 2.24) is 15.2 Å². The van der Waals surface area contributed by atoms with E-state index in [2.05, 4.69) is 25.8 Å². The van der Waals surface area contributed by atoms with E-state index in [0.29, 0.717) is 12.4 Å². The quantitative estimate of drug-likeness (QED) is 0.828. The summed E-state index contributed by atoms with van der Waals surface area (Å²) in [4.78, 5) is 4.17. The Bertz CT molecular complexity index is 737. The minimum Gasteiger partial charge on any atom is -0.376 e. The first-order valence-corrected chi connectivity index (χ1v) is 7.98. The van der Waals surface area contributed by atoms with Gasteiger partial charge >= 0.3 is 6.18 Å². The number of hydrogen-bond donors (Lipinski definition) is 2. The molecular weight excluding hydrogens is 359 g/mol. The second kappa shape index (κ2) is 7.40. The van der Waals surface area contributed by atoms with E-state index in [9.17, 15) is 13.2 Å². The Hall–Kier alpha value is -2.13. The number of hydrogen-bond acceptors (Lipinski definition) is 6. The lowest BCUT2D eigenvalue weighted by molar-refractivity contribution is -0.137. The summed E-state index contributed by atoms with van der Waals surface area (Å²) in [5, 5.41) is 13.4. The van der Waals surface area contributed by atoms with Crippen molar-refractivity contribution < 1.29 is 17.9 Å². The predicted molar refractivity (Wildman–Crippen MR) is 87.0 cm³/mol. The van der Waals surface area contributed by atoms with Crippen LogP contribution in [0.2, 0.25) is 5.02 Å². The fourth-order valence-electron chi connectivity index (χ4n) is 2.38. The first-order chi connectivity index (χ1) is 11.9. The summed E-state index contributed by atoms with van der Waals surface area (Å²) < 4.78 is 43.9. The van der Waals surface area contributed by atoms with Crippen LogP contribution in [0, 0.1) is 0 Å². The number of anilines is 3. The molecule has 2 N–H and O–H groups in total. The number of nitrogens with zero attached hydrogens (tertiary/aromatic N) is 3. The molecule has 0 bridgehead atoms. The van der Waals surface area contributed by atoms with Gasteiger partial charge in [0, 0.05) is 13.2 Å². The zero-order valence-electron chi connectivity index (χ0n) is 13.0. The van der Waals surface area contributed by atoms with Gasteiger partial charge < -0.3 is 15.4 Å². The molecule has 2 aromatic rings. The third kappa shape index (κ3) is 4.70. The molecule has 134 valence electrons. The zero-order chi connectivity index (χ0) is 17.9. The molecule has 1 aliphatic heterocycles. The maximum absolute atomic E-state index is 12.8. The van der Waals surface area contributed by atoms with Crippen molar-refractivity contribution in [3.8, 4) is 0 Å². The molecule has 6 nitrogen and oxygen atoms in total. The van der Waals surface area contributed by atoms with Crippen LogP contribution in [0.3, 0.4) is 0 Å². The number of nitrogens with one attached hydrogen (secondary N) is 2. The average molecular weight is 374 g/mol. The van der Waals surface area contributed by atoms with Crippen LogP contribution >= 0.6 is 11.6 Å². The molecule has 0 amide bonds. The van der Waals surface area contributed by atoms with Crippen LogP contribution < -0.4 is 10.6 Å². The van der Waals surface area contributed by atoms with Crippen LogP contribution in [-0.2, 0) is 10.9 Å². The highest BCUT2D eigenvalue weighted by Gasteiger charge is 2.31. The Morgan fingerprint density at radius 2 is 2.16 bits per heavy atom. The Balaban J connectivity index is 1.71. The number of halogens is 4. The Kier molecular flexibility index (Phi) is 5.24. The van der Waals surface area contributed by atoms with Gasteiger partial charge in [0.2, 0.25) is 5.95 Å². The van der Waals surface area contributed by atoms with Gasteiger partial charge in [0.25, 0.3) is 0 Å². The highest BCUT2D eigenvalue weighted by atomic mass is 35.5. The fourth-order valence-corrected chi connectivity index (χ4v) is 2.55. The van der Waals surface area contributed by atoms with Gasteiger partial charge in [-0.3, -0.25) is 0 Å². The van der Waals surface area contributed by atoms with Crippen LogP contribution in [0.25, 0.3) is 0 Å². The summed E-state index contributed by atoms with van der Waals surface area (Å²) in [5.41, 5.74) is -0.769. The normalized spacial score (nSPS) is 17.5. The molecule has 0 radical (unpaired) electrons. The molecule has 25 heavy (non-hydrogen) atoms. The minimum atomic E-state index is -4.47. The molecule has 1 atom stereocenters. The summed E-state index contributed by atoms with van der Waals surface area (Å²) >= 11 is 5.95. The minimum absolute atomic E-state index is 0.0403. The van der Waals surface area contributed by atoms with Gasteiger partial charge in [-0.25, -0.2) is 0 Å². The number of ether oxygens (including phenoxy) is 1. The fraction of sp³-hybridized carbons (Fsp3) is 0.400. The Morgan fingerprint density at radius 3 is 2.88 bits per heavy atom. The summed E-state index contributed by atoms with van der Waals surface area (Å²) in [6.07, 6.45) is -0.936. The van der Waals surface area contributed by atoms with Crippen LogP contribution in [0.15, 0.2) is 24.4 Å². The van der Waals surface area contributed by atoms with Gasteiger partial charge in [-0.2, -0.15) is 23.3 Å². The second-order valence-electron chi connectivity index (χ2n) is 5.50. The summed E-state index contributed by atoms with van der Waals surface area (Å²) in [6.45, 7) is 1.32. The number of aromatic nitrogens is 3. The maximum Gasteiger partial charge on any atom is 0.416 e. The van der Waals surface area contributed by atoms with E-state index < -0.39 is 11.7 Å². The molecule has 10 heteroatoms. The van der Waals surface area contributed by atoms with Crippen molar-refractivity contribution in [3.05, 3.63) is 35.0 Å². The van der Waals surface area contributed by atoms with E-state index in [1.165, 1.54) is 12.3 Å². The largest absolute Gasteiger partial charge is 0.416 e. The lowest BCUT2D eigenvalue weighted by Crippen LogP contribution is -2.19. The number of alkyl halides is 3. The van der Waals surface area contributed by atoms with Crippen LogP contribution in [0.1, 0.15) is 18.4 Å². The van der Waals surface area contributed by atoms with Gasteiger partial charge in [0.15, 0.2) is 5.82 Å². The van der Waals surface area contributed by atoms with Gasteiger partial charge in [-0.1, -0.05) is 11.6 Å². The second-order valence-corrected chi connectivity index (χ2v) is 5.91. The van der Waals surface area contributed by atoms with Gasteiger partial charge in [0.05, 0.1) is 28.6 Å². The SMILES string of the molecule is FC(F)(F)c1ccc(Cl)c(Nc2nncc(NCC3CCCO3)n2)c1. The molecule has 1 aliphatic rings. The van der Waals surface area contributed by atoms with Gasteiger partial charge in [-0.15, -0.1) is 5.10 Å². The van der Waals surface area contributed by atoms with Crippen molar-refractivity contribution in [2.45, 2.75) is 25.1 Å². The van der Waals surface area contributed by atoms with E-state index >= 15 is 0 Å². The highest BCUT2D eigenvalue weighted by molar-refractivity contribution is 6.33. The van der Waals surface area contributed by atoms with E-state index in [4.69, 9.17) is 16.3 Å². The third-order valence-corrected chi connectivity index (χ3v) is 3.96.